The molecule has 2 fully saturated rings. The minimum atomic E-state index is -0.218. The molecule has 2 amide bonds. The van der Waals surface area contributed by atoms with Gasteiger partial charge in [0.2, 0.25) is 5.95 Å². The third-order valence-electron chi connectivity index (χ3n) is 4.40. The van der Waals surface area contributed by atoms with Gasteiger partial charge in [-0.25, -0.2) is 19.4 Å². The lowest BCUT2D eigenvalue weighted by Gasteiger charge is -2.30. The Kier molecular flexibility index (Phi) is 4.12. The van der Waals surface area contributed by atoms with Crippen LogP contribution < -0.4 is 10.6 Å². The van der Waals surface area contributed by atoms with Crippen LogP contribution >= 0.6 is 0 Å². The Balaban J connectivity index is 1.32. The highest BCUT2D eigenvalue weighted by Crippen LogP contribution is 2.38. The van der Waals surface area contributed by atoms with Crippen LogP contribution in [-0.4, -0.2) is 44.5 Å². The zero-order chi connectivity index (χ0) is 16.4. The average Bonchev–Trinajstić information content (AvgIpc) is 3.36. The van der Waals surface area contributed by atoms with E-state index >= 15 is 0 Å². The van der Waals surface area contributed by atoms with Gasteiger partial charge in [0.05, 0.1) is 24.2 Å². The number of ether oxygens (including phenoxy) is 1. The zero-order valence-corrected chi connectivity index (χ0v) is 13.3. The van der Waals surface area contributed by atoms with Crippen molar-refractivity contribution in [1.82, 2.24) is 25.1 Å². The summed E-state index contributed by atoms with van der Waals surface area (Å²) in [6, 6.07) is 1.68. The summed E-state index contributed by atoms with van der Waals surface area (Å²) < 4.78 is 7.31. The Bertz CT molecular complexity index is 700. The van der Waals surface area contributed by atoms with Crippen LogP contribution in [0.3, 0.4) is 0 Å². The Hall–Kier alpha value is -2.48. The summed E-state index contributed by atoms with van der Waals surface area (Å²) in [5.74, 6) is 1.16. The summed E-state index contributed by atoms with van der Waals surface area (Å²) in [5.41, 5.74) is 0.603. The molecule has 126 valence electrons. The molecule has 1 saturated heterocycles. The highest BCUT2D eigenvalue weighted by atomic mass is 16.5. The molecule has 24 heavy (non-hydrogen) atoms. The van der Waals surface area contributed by atoms with Gasteiger partial charge >= 0.3 is 6.03 Å². The number of nitrogens with one attached hydrogen (secondary N) is 2. The van der Waals surface area contributed by atoms with Crippen molar-refractivity contribution in [1.29, 1.82) is 0 Å². The van der Waals surface area contributed by atoms with E-state index in [-0.39, 0.29) is 12.1 Å². The molecule has 0 unspecified atom stereocenters. The molecule has 1 aliphatic heterocycles. The fourth-order valence-electron chi connectivity index (χ4n) is 3.01. The van der Waals surface area contributed by atoms with Gasteiger partial charge < -0.3 is 15.4 Å². The second-order valence-electron chi connectivity index (χ2n) is 6.29. The van der Waals surface area contributed by atoms with E-state index in [1.165, 1.54) is 17.5 Å². The molecule has 0 bridgehead atoms. The molecule has 0 radical (unpaired) electrons. The second kappa shape index (κ2) is 6.56. The van der Waals surface area contributed by atoms with Gasteiger partial charge in [0.15, 0.2) is 0 Å². The lowest BCUT2D eigenvalue weighted by Crippen LogP contribution is -2.44. The van der Waals surface area contributed by atoms with Gasteiger partial charge in [-0.15, -0.1) is 0 Å². The third kappa shape index (κ3) is 3.53. The number of aromatic nitrogens is 4. The first-order chi connectivity index (χ1) is 11.8. The summed E-state index contributed by atoms with van der Waals surface area (Å²) in [6.07, 6.45) is 11.1. The van der Waals surface area contributed by atoms with E-state index in [1.807, 2.05) is 0 Å². The Morgan fingerprint density at radius 2 is 2.08 bits per heavy atom. The zero-order valence-electron chi connectivity index (χ0n) is 13.3. The monoisotopic (exact) mass is 328 g/mol. The largest absolute Gasteiger partial charge is 0.378 e. The van der Waals surface area contributed by atoms with Crippen LogP contribution in [0.2, 0.25) is 0 Å². The lowest BCUT2D eigenvalue weighted by molar-refractivity contribution is -0.00889. The van der Waals surface area contributed by atoms with Crippen LogP contribution in [0, 0.1) is 5.92 Å². The smallest absolute Gasteiger partial charge is 0.319 e. The van der Waals surface area contributed by atoms with Gasteiger partial charge in [-0.05, 0) is 37.7 Å². The summed E-state index contributed by atoms with van der Waals surface area (Å²) in [4.78, 5) is 20.4. The van der Waals surface area contributed by atoms with Crippen molar-refractivity contribution in [3.05, 3.63) is 30.9 Å². The van der Waals surface area contributed by atoms with Crippen LogP contribution in [-0.2, 0) is 4.74 Å². The molecule has 2 aromatic rings. The van der Waals surface area contributed by atoms with Crippen molar-refractivity contribution in [2.75, 3.05) is 11.9 Å². The molecule has 2 aliphatic rings. The van der Waals surface area contributed by atoms with Gasteiger partial charge in [-0.3, -0.25) is 0 Å². The number of nitrogens with zero attached hydrogens (tertiary/aromatic N) is 4. The first-order valence-electron chi connectivity index (χ1n) is 8.29. The van der Waals surface area contributed by atoms with Crippen LogP contribution in [0.1, 0.15) is 25.7 Å². The van der Waals surface area contributed by atoms with Crippen molar-refractivity contribution < 1.29 is 9.53 Å². The van der Waals surface area contributed by atoms with Crippen molar-refractivity contribution in [2.45, 2.75) is 37.8 Å². The number of rotatable bonds is 4. The number of amides is 2. The quantitative estimate of drug-likeness (QED) is 0.891. The van der Waals surface area contributed by atoms with E-state index in [0.717, 1.165) is 19.4 Å². The molecular weight excluding hydrogens is 308 g/mol. The fourth-order valence-corrected chi connectivity index (χ4v) is 3.01. The molecule has 1 saturated carbocycles. The van der Waals surface area contributed by atoms with Gasteiger partial charge in [-0.2, -0.15) is 5.10 Å². The normalized spacial score (nSPS) is 23.7. The first-order valence-corrected chi connectivity index (χ1v) is 8.29. The van der Waals surface area contributed by atoms with Crippen LogP contribution in [0.5, 0.6) is 0 Å². The number of urea groups is 1. The molecular formula is C16H20N6O2. The SMILES string of the molecule is O=C(Nc1cnn(-c2ncccn2)c1)N[C@@H]1CCO[C@H](C2CC2)C1. The first kappa shape index (κ1) is 15.1. The minimum absolute atomic E-state index is 0.164. The summed E-state index contributed by atoms with van der Waals surface area (Å²) in [6.45, 7) is 0.718. The van der Waals surface area contributed by atoms with E-state index < -0.39 is 0 Å². The number of anilines is 1. The fraction of sp³-hybridized carbons (Fsp3) is 0.500. The Morgan fingerprint density at radius 3 is 2.88 bits per heavy atom. The second-order valence-corrected chi connectivity index (χ2v) is 6.29. The van der Waals surface area contributed by atoms with Crippen LogP contribution in [0.4, 0.5) is 10.5 Å². The van der Waals surface area contributed by atoms with E-state index in [1.54, 1.807) is 30.9 Å². The number of carbonyl (C=O) groups excluding carboxylic acids is 1. The summed E-state index contributed by atoms with van der Waals surface area (Å²) in [7, 11) is 0. The van der Waals surface area contributed by atoms with Gasteiger partial charge in [0, 0.05) is 25.0 Å². The standard InChI is InChI=1S/C16H20N6O2/c23-16(20-12-4-7-24-14(8-12)11-2-3-11)21-13-9-19-22(10-13)15-17-5-1-6-18-15/h1,5-6,9-12,14H,2-4,7-8H2,(H2,20,21,23)/t12-,14+/m1/s1. The third-order valence-corrected chi connectivity index (χ3v) is 4.40. The molecule has 4 rings (SSSR count). The van der Waals surface area contributed by atoms with Crippen molar-refractivity contribution in [3.8, 4) is 5.95 Å². The maximum atomic E-state index is 12.2. The van der Waals surface area contributed by atoms with Crippen molar-refractivity contribution >= 4 is 11.7 Å². The molecule has 0 aromatic carbocycles. The van der Waals surface area contributed by atoms with Crippen molar-refractivity contribution in [3.63, 3.8) is 0 Å². The number of hydrogen-bond acceptors (Lipinski definition) is 5. The minimum Gasteiger partial charge on any atom is -0.378 e. The average molecular weight is 328 g/mol. The predicted molar refractivity (Wildman–Crippen MR) is 86.8 cm³/mol. The molecule has 2 N–H and O–H groups in total. The lowest BCUT2D eigenvalue weighted by atomic mass is 10.0. The van der Waals surface area contributed by atoms with Gasteiger partial charge in [0.1, 0.15) is 0 Å². The predicted octanol–water partition coefficient (Wildman–Crippen LogP) is 1.74. The van der Waals surface area contributed by atoms with E-state index in [4.69, 9.17) is 4.74 Å². The molecule has 3 heterocycles. The van der Waals surface area contributed by atoms with Crippen molar-refractivity contribution in [2.24, 2.45) is 5.92 Å². The molecule has 8 heteroatoms. The summed E-state index contributed by atoms with van der Waals surface area (Å²) in [5, 5.41) is 10.00. The van der Waals surface area contributed by atoms with E-state index in [9.17, 15) is 4.79 Å². The van der Waals surface area contributed by atoms with Gasteiger partial charge in [-0.1, -0.05) is 0 Å². The molecule has 2 aromatic heterocycles. The summed E-state index contributed by atoms with van der Waals surface area (Å²) >= 11 is 0. The molecule has 2 atom stereocenters. The molecule has 8 nitrogen and oxygen atoms in total. The topological polar surface area (TPSA) is 94.0 Å². The molecule has 0 spiro atoms. The van der Waals surface area contributed by atoms with E-state index in [0.29, 0.717) is 23.7 Å². The maximum absolute atomic E-state index is 12.2. The maximum Gasteiger partial charge on any atom is 0.319 e. The Labute approximate surface area is 139 Å². The van der Waals surface area contributed by atoms with Crippen LogP contribution in [0.25, 0.3) is 5.95 Å². The highest BCUT2D eigenvalue weighted by Gasteiger charge is 2.36. The molecule has 1 aliphatic carbocycles. The van der Waals surface area contributed by atoms with E-state index in [2.05, 4.69) is 25.7 Å². The number of carbonyl (C=O) groups is 1. The highest BCUT2D eigenvalue weighted by molar-refractivity contribution is 5.89. The van der Waals surface area contributed by atoms with Crippen LogP contribution in [0.15, 0.2) is 30.9 Å². The van der Waals surface area contributed by atoms with Gasteiger partial charge in [0.25, 0.3) is 0 Å². The number of hydrogen-bond donors (Lipinski definition) is 2. The Morgan fingerprint density at radius 1 is 1.25 bits per heavy atom.